The number of para-hydroxylation sites is 1. The summed E-state index contributed by atoms with van der Waals surface area (Å²) in [5, 5.41) is 10.3. The van der Waals surface area contributed by atoms with Crippen molar-refractivity contribution in [2.24, 2.45) is 11.5 Å². The minimum absolute atomic E-state index is 0.0922. The van der Waals surface area contributed by atoms with Crippen LogP contribution < -0.4 is 27.4 Å². The molecule has 0 spiro atoms. The summed E-state index contributed by atoms with van der Waals surface area (Å²) >= 11 is 1.40. The summed E-state index contributed by atoms with van der Waals surface area (Å²) in [7, 11) is 1.62. The van der Waals surface area contributed by atoms with Gasteiger partial charge >= 0.3 is 0 Å². The van der Waals surface area contributed by atoms with E-state index in [4.69, 9.17) is 11.5 Å². The zero-order chi connectivity index (χ0) is 34.8. The van der Waals surface area contributed by atoms with Crippen LogP contribution >= 0.6 is 11.8 Å². The molecule has 10 nitrogen and oxygen atoms in total. The minimum Gasteiger partial charge on any atom is -0.361 e. The van der Waals surface area contributed by atoms with Gasteiger partial charge in [-0.25, -0.2) is 4.39 Å². The molecular weight excluding hydrogens is 642 g/mol. The number of hydrogen-bond donors (Lipinski definition) is 6. The molecule has 0 aliphatic carbocycles. The van der Waals surface area contributed by atoms with Crippen LogP contribution in [0.15, 0.2) is 82.7 Å². The molecule has 3 atom stereocenters. The normalized spacial score (nSPS) is 19.6. The van der Waals surface area contributed by atoms with Crippen molar-refractivity contribution in [3.63, 3.8) is 0 Å². The van der Waals surface area contributed by atoms with Crippen LogP contribution in [0.3, 0.4) is 0 Å². The first-order chi connectivity index (χ1) is 23.8. The third-order valence-electron chi connectivity index (χ3n) is 9.03. The molecule has 0 fully saturated rings. The molecular formula is C37H46FN7O3S. The predicted molar refractivity (Wildman–Crippen MR) is 191 cm³/mol. The first-order valence-corrected chi connectivity index (χ1v) is 17.7. The summed E-state index contributed by atoms with van der Waals surface area (Å²) in [6, 6.07) is 17.9. The van der Waals surface area contributed by atoms with Gasteiger partial charge in [0.25, 0.3) is 0 Å². The van der Waals surface area contributed by atoms with Gasteiger partial charge in [0, 0.05) is 59.0 Å². The van der Waals surface area contributed by atoms with Gasteiger partial charge in [0.05, 0.1) is 6.04 Å². The number of unbranched alkanes of at least 4 members (excludes halogenated alkanes) is 1. The number of aromatic nitrogens is 1. The lowest BCUT2D eigenvalue weighted by Gasteiger charge is -2.32. The molecule has 260 valence electrons. The van der Waals surface area contributed by atoms with E-state index in [9.17, 15) is 14.4 Å². The topological polar surface area (TPSA) is 158 Å². The van der Waals surface area contributed by atoms with E-state index in [2.05, 4.69) is 20.9 Å². The van der Waals surface area contributed by atoms with Crippen LogP contribution in [-0.2, 0) is 33.9 Å². The van der Waals surface area contributed by atoms with E-state index in [0.717, 1.165) is 26.9 Å². The second-order valence-corrected chi connectivity index (χ2v) is 13.5. The van der Waals surface area contributed by atoms with Crippen molar-refractivity contribution in [3.05, 3.63) is 95.4 Å². The molecule has 1 aliphatic heterocycles. The number of nitrogens with two attached hydrogens (primary N) is 2. The third kappa shape index (κ3) is 9.07. The van der Waals surface area contributed by atoms with Gasteiger partial charge in [-0.2, -0.15) is 0 Å². The summed E-state index contributed by atoms with van der Waals surface area (Å²) in [5.41, 5.74) is 14.7. The van der Waals surface area contributed by atoms with E-state index in [-0.39, 0.29) is 37.2 Å². The Balaban J connectivity index is 1.55. The first kappa shape index (κ1) is 36.1. The lowest BCUT2D eigenvalue weighted by atomic mass is 10.0. The Morgan fingerprint density at radius 3 is 2.39 bits per heavy atom. The van der Waals surface area contributed by atoms with E-state index in [1.165, 1.54) is 22.7 Å². The second-order valence-electron chi connectivity index (χ2n) is 12.4. The lowest BCUT2D eigenvalue weighted by Crippen LogP contribution is -2.57. The number of aromatic amines is 1. The number of H-pyrrole nitrogens is 1. The highest BCUT2D eigenvalue weighted by Gasteiger charge is 2.34. The van der Waals surface area contributed by atoms with Gasteiger partial charge in [0.2, 0.25) is 17.7 Å². The number of nitrogens with zero attached hydrogens (tertiary/aromatic N) is 1. The standard InChI is InChI=1S/C37H46FN7O3S/c1-45-32(20-25-22-41-29-13-4-3-11-26(25)29)36(47)43-21-24-10-2-5-16-33(24)49-34-17-8-12-28(38)27(34)23-42-30(15-9-19-40)35(46)44-31(37(45)48)14-6-7-18-39/h2-5,8,10-13,16-17,22,30-32,41-42H,6-7,9,14-15,18-21,23,39-40H2,1H3,(H,43,47)(H,44,46)/t30-,31-,32-/m0/s1. The van der Waals surface area contributed by atoms with Crippen molar-refractivity contribution in [3.8, 4) is 0 Å². The van der Waals surface area contributed by atoms with Crippen molar-refractivity contribution in [1.82, 2.24) is 25.8 Å². The van der Waals surface area contributed by atoms with Crippen LogP contribution in [0.1, 0.15) is 48.8 Å². The fraction of sp³-hybridized carbons (Fsp3) is 0.378. The number of fused-ring (bicyclic) bond motifs is 3. The number of nitrogens with one attached hydrogen (secondary N) is 4. The quantitative estimate of drug-likeness (QED) is 0.145. The lowest BCUT2D eigenvalue weighted by molar-refractivity contribution is -0.142. The molecule has 12 heteroatoms. The van der Waals surface area contributed by atoms with E-state index >= 15 is 4.39 Å². The van der Waals surface area contributed by atoms with Gasteiger partial charge in [-0.05, 0) is 80.6 Å². The summed E-state index contributed by atoms with van der Waals surface area (Å²) in [6.07, 6.45) is 4.70. The highest BCUT2D eigenvalue weighted by Crippen LogP contribution is 2.34. The van der Waals surface area contributed by atoms with Crippen LogP contribution in [0.4, 0.5) is 4.39 Å². The maximum Gasteiger partial charge on any atom is 0.245 e. The fourth-order valence-corrected chi connectivity index (χ4v) is 7.28. The third-order valence-corrected chi connectivity index (χ3v) is 10.2. The number of likely N-dealkylation sites (N-methyl/N-ethyl adjacent to an activating group) is 1. The van der Waals surface area contributed by atoms with Crippen LogP contribution in [0.25, 0.3) is 10.9 Å². The Kier molecular flexibility index (Phi) is 12.8. The van der Waals surface area contributed by atoms with Gasteiger partial charge in [0.1, 0.15) is 17.9 Å². The number of carbonyl (C=O) groups is 3. The molecule has 0 saturated carbocycles. The highest BCUT2D eigenvalue weighted by atomic mass is 32.2. The van der Waals surface area contributed by atoms with Crippen molar-refractivity contribution in [1.29, 1.82) is 0 Å². The Bertz CT molecular complexity index is 1750. The smallest absolute Gasteiger partial charge is 0.245 e. The molecule has 49 heavy (non-hydrogen) atoms. The van der Waals surface area contributed by atoms with Crippen molar-refractivity contribution in [2.45, 2.75) is 79.5 Å². The maximum atomic E-state index is 15.4. The van der Waals surface area contributed by atoms with E-state index in [1.807, 2.05) is 60.8 Å². The Labute approximate surface area is 290 Å². The summed E-state index contributed by atoms with van der Waals surface area (Å²) in [5.74, 6) is -1.48. The van der Waals surface area contributed by atoms with Gasteiger partial charge in [-0.15, -0.1) is 0 Å². The Hall–Kier alpha value is -4.23. The van der Waals surface area contributed by atoms with Crippen LogP contribution in [0.5, 0.6) is 0 Å². The van der Waals surface area contributed by atoms with Crippen LogP contribution in [0, 0.1) is 5.82 Å². The number of rotatable bonds is 9. The second kappa shape index (κ2) is 17.4. The molecule has 5 rings (SSSR count). The zero-order valence-corrected chi connectivity index (χ0v) is 28.7. The fourth-order valence-electron chi connectivity index (χ4n) is 6.18. The van der Waals surface area contributed by atoms with Crippen LogP contribution in [0.2, 0.25) is 0 Å². The maximum absolute atomic E-state index is 15.4. The van der Waals surface area contributed by atoms with Crippen molar-refractivity contribution in [2.75, 3.05) is 20.1 Å². The van der Waals surface area contributed by atoms with E-state index in [1.54, 1.807) is 13.1 Å². The molecule has 0 saturated heterocycles. The molecule has 0 unspecified atom stereocenters. The van der Waals surface area contributed by atoms with Crippen molar-refractivity contribution >= 4 is 40.4 Å². The molecule has 0 bridgehead atoms. The molecule has 0 radical (unpaired) electrons. The molecule has 8 N–H and O–H groups in total. The minimum atomic E-state index is -0.902. The summed E-state index contributed by atoms with van der Waals surface area (Å²) in [4.78, 5) is 48.6. The molecule has 3 aromatic carbocycles. The molecule has 3 amide bonds. The number of hydrogen-bond acceptors (Lipinski definition) is 7. The number of amides is 3. The monoisotopic (exact) mass is 687 g/mol. The van der Waals surface area contributed by atoms with Crippen LogP contribution in [-0.4, -0.2) is 65.9 Å². The number of halogens is 1. The molecule has 1 aliphatic rings. The number of carbonyl (C=O) groups excluding carboxylic acids is 3. The zero-order valence-electron chi connectivity index (χ0n) is 27.8. The average molecular weight is 688 g/mol. The Morgan fingerprint density at radius 2 is 1.57 bits per heavy atom. The number of benzene rings is 3. The SMILES string of the molecule is CN1C(=O)[C@H](CCCCN)NC(=O)[C@H](CCCN)NCc2c(F)cccc2Sc2ccccc2CNC(=O)[C@@H]1Cc1c[nH]c2ccccc12. The average Bonchev–Trinajstić information content (AvgIpc) is 3.52. The largest absolute Gasteiger partial charge is 0.361 e. The first-order valence-electron chi connectivity index (χ1n) is 16.9. The van der Waals surface area contributed by atoms with Crippen molar-refractivity contribution < 1.29 is 18.8 Å². The Morgan fingerprint density at radius 1 is 0.837 bits per heavy atom. The summed E-state index contributed by atoms with van der Waals surface area (Å²) < 4.78 is 15.4. The van der Waals surface area contributed by atoms with Gasteiger partial charge < -0.3 is 37.3 Å². The van der Waals surface area contributed by atoms with E-state index < -0.39 is 23.9 Å². The summed E-state index contributed by atoms with van der Waals surface area (Å²) in [6.45, 7) is 1.11. The van der Waals surface area contributed by atoms with Gasteiger partial charge in [0.15, 0.2) is 0 Å². The molecule has 2 heterocycles. The molecule has 1 aromatic heterocycles. The highest BCUT2D eigenvalue weighted by molar-refractivity contribution is 7.99. The van der Waals surface area contributed by atoms with E-state index in [0.29, 0.717) is 55.7 Å². The predicted octanol–water partition coefficient (Wildman–Crippen LogP) is 3.97. The van der Waals surface area contributed by atoms with Gasteiger partial charge in [-0.1, -0.05) is 54.2 Å². The molecule has 4 aromatic rings. The van der Waals surface area contributed by atoms with Gasteiger partial charge in [-0.3, -0.25) is 14.4 Å².